The van der Waals surface area contributed by atoms with Gasteiger partial charge in [-0.15, -0.1) is 11.3 Å². The van der Waals surface area contributed by atoms with Crippen LogP contribution in [0.4, 0.5) is 5.69 Å². The summed E-state index contributed by atoms with van der Waals surface area (Å²) in [5.41, 5.74) is 2.40. The van der Waals surface area contributed by atoms with Crippen LogP contribution in [0.5, 0.6) is 0 Å². The molecule has 102 valence electrons. The van der Waals surface area contributed by atoms with Crippen LogP contribution in [-0.4, -0.2) is 4.98 Å². The SMILES string of the molecule is Cc1cc(Cl)ccc1NCc1cnc(C(C)(C)C)s1. The highest BCUT2D eigenvalue weighted by Crippen LogP contribution is 2.27. The molecular weight excluding hydrogens is 276 g/mol. The topological polar surface area (TPSA) is 24.9 Å². The first kappa shape index (κ1) is 14.4. The molecule has 0 atom stereocenters. The van der Waals surface area contributed by atoms with E-state index in [-0.39, 0.29) is 5.41 Å². The van der Waals surface area contributed by atoms with Crippen molar-refractivity contribution in [3.05, 3.63) is 44.9 Å². The molecule has 1 aromatic carbocycles. The molecule has 0 fully saturated rings. The molecule has 19 heavy (non-hydrogen) atoms. The molecular formula is C15H19ClN2S. The summed E-state index contributed by atoms with van der Waals surface area (Å²) in [6.45, 7) is 9.42. The van der Waals surface area contributed by atoms with E-state index in [0.29, 0.717) is 0 Å². The van der Waals surface area contributed by atoms with Gasteiger partial charge in [-0.2, -0.15) is 0 Å². The molecule has 0 aliphatic heterocycles. The monoisotopic (exact) mass is 294 g/mol. The number of hydrogen-bond donors (Lipinski definition) is 1. The molecule has 0 spiro atoms. The molecule has 1 heterocycles. The Morgan fingerprint density at radius 3 is 2.63 bits per heavy atom. The van der Waals surface area contributed by atoms with Gasteiger partial charge in [0.1, 0.15) is 0 Å². The Kier molecular flexibility index (Phi) is 4.16. The number of thiazole rings is 1. The van der Waals surface area contributed by atoms with Crippen LogP contribution in [0.25, 0.3) is 0 Å². The van der Waals surface area contributed by atoms with Crippen molar-refractivity contribution in [3.63, 3.8) is 0 Å². The molecule has 0 saturated heterocycles. The van der Waals surface area contributed by atoms with Crippen LogP contribution in [0.3, 0.4) is 0 Å². The van der Waals surface area contributed by atoms with Gasteiger partial charge in [-0.1, -0.05) is 32.4 Å². The van der Waals surface area contributed by atoms with Crippen molar-refractivity contribution in [1.29, 1.82) is 0 Å². The van der Waals surface area contributed by atoms with E-state index in [2.05, 4.69) is 38.0 Å². The van der Waals surface area contributed by atoms with E-state index in [9.17, 15) is 0 Å². The van der Waals surface area contributed by atoms with Crippen LogP contribution in [0.2, 0.25) is 5.02 Å². The molecule has 2 nitrogen and oxygen atoms in total. The van der Waals surface area contributed by atoms with Crippen LogP contribution < -0.4 is 5.32 Å². The second kappa shape index (κ2) is 5.51. The molecule has 0 bridgehead atoms. The smallest absolute Gasteiger partial charge is 0.0981 e. The van der Waals surface area contributed by atoms with E-state index in [0.717, 1.165) is 22.8 Å². The number of anilines is 1. The van der Waals surface area contributed by atoms with E-state index in [1.807, 2.05) is 24.4 Å². The van der Waals surface area contributed by atoms with Gasteiger partial charge in [-0.05, 0) is 30.7 Å². The van der Waals surface area contributed by atoms with Crippen molar-refractivity contribution in [2.45, 2.75) is 39.7 Å². The fraction of sp³-hybridized carbons (Fsp3) is 0.400. The highest BCUT2D eigenvalue weighted by Gasteiger charge is 2.17. The summed E-state index contributed by atoms with van der Waals surface area (Å²) in [7, 11) is 0. The van der Waals surface area contributed by atoms with Gasteiger partial charge >= 0.3 is 0 Å². The normalized spacial score (nSPS) is 11.6. The summed E-state index contributed by atoms with van der Waals surface area (Å²) in [5, 5.41) is 5.38. The third-order valence-electron chi connectivity index (χ3n) is 2.84. The van der Waals surface area contributed by atoms with Gasteiger partial charge in [-0.3, -0.25) is 0 Å². The number of nitrogens with zero attached hydrogens (tertiary/aromatic N) is 1. The lowest BCUT2D eigenvalue weighted by Crippen LogP contribution is -2.09. The number of aromatic nitrogens is 1. The highest BCUT2D eigenvalue weighted by molar-refractivity contribution is 7.11. The Hall–Kier alpha value is -1.06. The standard InChI is InChI=1S/C15H19ClN2S/c1-10-7-11(16)5-6-13(10)17-8-12-9-18-14(19-12)15(2,3)4/h5-7,9,17H,8H2,1-4H3. The van der Waals surface area contributed by atoms with Crippen molar-refractivity contribution >= 4 is 28.6 Å². The van der Waals surface area contributed by atoms with Crippen LogP contribution in [0.1, 0.15) is 36.2 Å². The molecule has 1 aromatic heterocycles. The predicted molar refractivity (Wildman–Crippen MR) is 84.3 cm³/mol. The summed E-state index contributed by atoms with van der Waals surface area (Å²) in [6, 6.07) is 5.89. The van der Waals surface area contributed by atoms with Crippen molar-refractivity contribution < 1.29 is 0 Å². The Morgan fingerprint density at radius 2 is 2.05 bits per heavy atom. The van der Waals surface area contributed by atoms with Crippen molar-refractivity contribution in [3.8, 4) is 0 Å². The van der Waals surface area contributed by atoms with Crippen LogP contribution >= 0.6 is 22.9 Å². The van der Waals surface area contributed by atoms with Gasteiger partial charge in [0, 0.05) is 27.2 Å². The lowest BCUT2D eigenvalue weighted by molar-refractivity contribution is 0.585. The van der Waals surface area contributed by atoms with Gasteiger partial charge < -0.3 is 5.32 Å². The first-order valence-electron chi connectivity index (χ1n) is 6.31. The Morgan fingerprint density at radius 1 is 1.32 bits per heavy atom. The zero-order valence-corrected chi connectivity index (χ0v) is 13.3. The maximum absolute atomic E-state index is 5.95. The number of rotatable bonds is 3. The maximum Gasteiger partial charge on any atom is 0.0981 e. The largest absolute Gasteiger partial charge is 0.380 e. The second-order valence-electron chi connectivity index (χ2n) is 5.69. The number of hydrogen-bond acceptors (Lipinski definition) is 3. The van der Waals surface area contributed by atoms with Gasteiger partial charge in [0.05, 0.1) is 11.6 Å². The molecule has 0 saturated carbocycles. The van der Waals surface area contributed by atoms with Crippen LogP contribution in [-0.2, 0) is 12.0 Å². The number of aryl methyl sites for hydroxylation is 1. The van der Waals surface area contributed by atoms with E-state index >= 15 is 0 Å². The zero-order valence-electron chi connectivity index (χ0n) is 11.7. The van der Waals surface area contributed by atoms with E-state index < -0.39 is 0 Å². The molecule has 2 rings (SSSR count). The van der Waals surface area contributed by atoms with Crippen molar-refractivity contribution in [2.24, 2.45) is 0 Å². The van der Waals surface area contributed by atoms with Crippen molar-refractivity contribution in [2.75, 3.05) is 5.32 Å². The van der Waals surface area contributed by atoms with E-state index in [1.54, 1.807) is 11.3 Å². The molecule has 1 N–H and O–H groups in total. The Balaban J connectivity index is 2.04. The quantitative estimate of drug-likeness (QED) is 0.860. The third kappa shape index (κ3) is 3.71. The lowest BCUT2D eigenvalue weighted by Gasteiger charge is -2.13. The fourth-order valence-corrected chi connectivity index (χ4v) is 2.88. The molecule has 0 aliphatic carbocycles. The Labute approximate surface area is 123 Å². The molecule has 4 heteroatoms. The molecule has 0 unspecified atom stereocenters. The minimum atomic E-state index is 0.124. The van der Waals surface area contributed by atoms with Gasteiger partial charge in [0.25, 0.3) is 0 Å². The number of halogens is 1. The average molecular weight is 295 g/mol. The molecule has 2 aromatic rings. The fourth-order valence-electron chi connectivity index (χ4n) is 1.74. The highest BCUT2D eigenvalue weighted by atomic mass is 35.5. The number of benzene rings is 1. The average Bonchev–Trinajstić information content (AvgIpc) is 2.76. The lowest BCUT2D eigenvalue weighted by atomic mass is 9.98. The molecule has 0 aliphatic rings. The van der Waals surface area contributed by atoms with Gasteiger partial charge in [0.2, 0.25) is 0 Å². The Bertz CT molecular complexity index is 570. The minimum Gasteiger partial charge on any atom is -0.380 e. The van der Waals surface area contributed by atoms with Gasteiger partial charge in [0.15, 0.2) is 0 Å². The van der Waals surface area contributed by atoms with Gasteiger partial charge in [-0.25, -0.2) is 4.98 Å². The minimum absolute atomic E-state index is 0.124. The molecule has 0 radical (unpaired) electrons. The first-order valence-corrected chi connectivity index (χ1v) is 7.51. The summed E-state index contributed by atoms with van der Waals surface area (Å²) in [4.78, 5) is 5.74. The second-order valence-corrected chi connectivity index (χ2v) is 7.25. The maximum atomic E-state index is 5.95. The summed E-state index contributed by atoms with van der Waals surface area (Å²) in [5.74, 6) is 0. The summed E-state index contributed by atoms with van der Waals surface area (Å²) >= 11 is 7.72. The summed E-state index contributed by atoms with van der Waals surface area (Å²) < 4.78 is 0. The van der Waals surface area contributed by atoms with Crippen LogP contribution in [0.15, 0.2) is 24.4 Å². The zero-order chi connectivity index (χ0) is 14.0. The molecule has 0 amide bonds. The van der Waals surface area contributed by atoms with E-state index in [4.69, 9.17) is 11.6 Å². The van der Waals surface area contributed by atoms with E-state index in [1.165, 1.54) is 9.88 Å². The van der Waals surface area contributed by atoms with Crippen LogP contribution in [0, 0.1) is 6.92 Å². The van der Waals surface area contributed by atoms with Crippen molar-refractivity contribution in [1.82, 2.24) is 4.98 Å². The third-order valence-corrected chi connectivity index (χ3v) is 4.49. The first-order chi connectivity index (χ1) is 8.86. The number of nitrogens with one attached hydrogen (secondary N) is 1. The predicted octanol–water partition coefficient (Wildman–Crippen LogP) is 5.01. The summed E-state index contributed by atoms with van der Waals surface area (Å²) in [6.07, 6.45) is 1.96.